The van der Waals surface area contributed by atoms with E-state index in [9.17, 15) is 4.79 Å². The maximum atomic E-state index is 12.3. The van der Waals surface area contributed by atoms with Gasteiger partial charge < -0.3 is 4.74 Å². The number of hydrogen-bond donors (Lipinski definition) is 1. The van der Waals surface area contributed by atoms with E-state index in [-0.39, 0.29) is 5.91 Å². The van der Waals surface area contributed by atoms with Gasteiger partial charge in [-0.05, 0) is 29.8 Å². The molecule has 1 aliphatic heterocycles. The summed E-state index contributed by atoms with van der Waals surface area (Å²) in [6.45, 7) is 0. The zero-order chi connectivity index (χ0) is 15.1. The van der Waals surface area contributed by atoms with Crippen LogP contribution in [0.25, 0.3) is 10.2 Å². The molecule has 2 aromatic carbocycles. The Balaban J connectivity index is 1.52. The van der Waals surface area contributed by atoms with E-state index in [2.05, 4.69) is 26.2 Å². The molecule has 1 N–H and O–H groups in total. The zero-order valence-electron chi connectivity index (χ0n) is 11.4. The lowest BCUT2D eigenvalue weighted by atomic mass is 10.1. The Morgan fingerprint density at radius 2 is 2.18 bits per heavy atom. The van der Waals surface area contributed by atoms with Crippen LogP contribution < -0.4 is 10.1 Å². The highest BCUT2D eigenvalue weighted by molar-refractivity contribution is 9.10. The number of fused-ring (bicyclic) bond motifs is 2. The van der Waals surface area contributed by atoms with E-state index in [0.717, 1.165) is 26.0 Å². The number of hydrogen-bond acceptors (Lipinski definition) is 4. The molecule has 0 aliphatic carbocycles. The summed E-state index contributed by atoms with van der Waals surface area (Å²) in [6, 6.07) is 13.6. The third kappa shape index (κ3) is 2.48. The van der Waals surface area contributed by atoms with Crippen LogP contribution in [0, 0.1) is 0 Å². The van der Waals surface area contributed by atoms with Gasteiger partial charge in [0.1, 0.15) is 5.75 Å². The fourth-order valence-electron chi connectivity index (χ4n) is 2.47. The van der Waals surface area contributed by atoms with Gasteiger partial charge in [0.25, 0.3) is 5.91 Å². The number of amides is 1. The molecule has 3 aromatic rings. The molecule has 0 unspecified atom stereocenters. The highest BCUT2D eigenvalue weighted by atomic mass is 79.9. The first-order chi connectivity index (χ1) is 10.7. The van der Waals surface area contributed by atoms with Crippen molar-refractivity contribution < 1.29 is 9.53 Å². The lowest BCUT2D eigenvalue weighted by molar-refractivity contribution is -0.122. The summed E-state index contributed by atoms with van der Waals surface area (Å²) in [5.74, 6) is 0.630. The smallest absolute Gasteiger partial charge is 0.267 e. The summed E-state index contributed by atoms with van der Waals surface area (Å²) in [5.41, 5.74) is 1.94. The number of rotatable bonds is 2. The number of nitrogens with one attached hydrogen (secondary N) is 1. The van der Waals surface area contributed by atoms with Gasteiger partial charge in [0.2, 0.25) is 0 Å². The predicted octanol–water partition coefficient (Wildman–Crippen LogP) is 4.00. The molecule has 1 aromatic heterocycles. The van der Waals surface area contributed by atoms with Crippen LogP contribution in [0.1, 0.15) is 5.56 Å². The highest BCUT2D eigenvalue weighted by Crippen LogP contribution is 2.31. The third-order valence-corrected chi connectivity index (χ3v) is 4.95. The molecule has 0 saturated carbocycles. The molecule has 22 heavy (non-hydrogen) atoms. The van der Waals surface area contributed by atoms with Crippen molar-refractivity contribution in [1.29, 1.82) is 0 Å². The topological polar surface area (TPSA) is 51.2 Å². The third-order valence-electron chi connectivity index (χ3n) is 3.52. The average molecular weight is 375 g/mol. The number of nitrogens with zero attached hydrogens (tertiary/aromatic N) is 1. The molecule has 0 saturated heterocycles. The SMILES string of the molecule is O=C(Nc1nc2ccc(Br)cc2s1)[C@H]1Cc2ccccc2O1. The first-order valence-corrected chi connectivity index (χ1v) is 8.41. The number of carbonyl (C=O) groups excluding carboxylic acids is 1. The van der Waals surface area contributed by atoms with Gasteiger partial charge in [-0.15, -0.1) is 0 Å². The van der Waals surface area contributed by atoms with Crippen molar-refractivity contribution in [3.05, 3.63) is 52.5 Å². The van der Waals surface area contributed by atoms with Crippen LogP contribution in [0.3, 0.4) is 0 Å². The second-order valence-corrected chi connectivity index (χ2v) is 6.98. The van der Waals surface area contributed by atoms with Crippen LogP contribution in [0.5, 0.6) is 5.75 Å². The Morgan fingerprint density at radius 3 is 3.05 bits per heavy atom. The minimum Gasteiger partial charge on any atom is -0.480 e. The lowest BCUT2D eigenvalue weighted by Gasteiger charge is -2.09. The molecule has 0 bridgehead atoms. The van der Waals surface area contributed by atoms with Crippen molar-refractivity contribution in [2.45, 2.75) is 12.5 Å². The van der Waals surface area contributed by atoms with Gasteiger partial charge in [-0.3, -0.25) is 10.1 Å². The maximum absolute atomic E-state index is 12.3. The summed E-state index contributed by atoms with van der Waals surface area (Å²) < 4.78 is 7.72. The molecule has 1 aliphatic rings. The minimum absolute atomic E-state index is 0.158. The molecule has 1 amide bonds. The van der Waals surface area contributed by atoms with Crippen LogP contribution in [-0.2, 0) is 11.2 Å². The van der Waals surface area contributed by atoms with Gasteiger partial charge >= 0.3 is 0 Å². The number of benzene rings is 2. The van der Waals surface area contributed by atoms with Crippen LogP contribution in [0.2, 0.25) is 0 Å². The van der Waals surface area contributed by atoms with E-state index < -0.39 is 6.10 Å². The fraction of sp³-hybridized carbons (Fsp3) is 0.125. The van der Waals surface area contributed by atoms with Crippen LogP contribution in [0.4, 0.5) is 5.13 Å². The van der Waals surface area contributed by atoms with E-state index in [4.69, 9.17) is 4.74 Å². The van der Waals surface area contributed by atoms with Crippen molar-refractivity contribution in [2.24, 2.45) is 0 Å². The highest BCUT2D eigenvalue weighted by Gasteiger charge is 2.29. The number of ether oxygens (including phenoxy) is 1. The van der Waals surface area contributed by atoms with Gasteiger partial charge in [-0.2, -0.15) is 0 Å². The van der Waals surface area contributed by atoms with Gasteiger partial charge in [0.15, 0.2) is 11.2 Å². The van der Waals surface area contributed by atoms with Crippen molar-refractivity contribution in [3.63, 3.8) is 0 Å². The fourth-order valence-corrected chi connectivity index (χ4v) is 3.89. The molecule has 4 nitrogen and oxygen atoms in total. The van der Waals surface area contributed by atoms with E-state index in [1.165, 1.54) is 11.3 Å². The number of aromatic nitrogens is 1. The number of halogens is 1. The van der Waals surface area contributed by atoms with E-state index >= 15 is 0 Å². The second-order valence-electron chi connectivity index (χ2n) is 5.04. The molecule has 4 rings (SSSR count). The summed E-state index contributed by atoms with van der Waals surface area (Å²) >= 11 is 4.89. The molecule has 6 heteroatoms. The largest absolute Gasteiger partial charge is 0.480 e. The average Bonchev–Trinajstić information content (AvgIpc) is 3.09. The maximum Gasteiger partial charge on any atom is 0.267 e. The summed E-state index contributed by atoms with van der Waals surface area (Å²) in [5, 5.41) is 3.45. The van der Waals surface area contributed by atoms with E-state index in [0.29, 0.717) is 11.6 Å². The van der Waals surface area contributed by atoms with E-state index in [1.807, 2.05) is 42.5 Å². The molecule has 1 atom stereocenters. The van der Waals surface area contributed by atoms with Gasteiger partial charge in [0, 0.05) is 10.9 Å². The molecular formula is C16H11BrN2O2S. The van der Waals surface area contributed by atoms with E-state index in [1.54, 1.807) is 0 Å². The Hall–Kier alpha value is -1.92. The second kappa shape index (κ2) is 5.37. The first-order valence-electron chi connectivity index (χ1n) is 6.80. The standard InChI is InChI=1S/C16H11BrN2O2S/c17-10-5-6-11-14(8-10)22-16(18-11)19-15(20)13-7-9-3-1-2-4-12(9)21-13/h1-6,8,13H,7H2,(H,18,19,20)/t13-/m1/s1. The molecule has 0 spiro atoms. The Bertz CT molecular complexity index is 852. The molecule has 110 valence electrons. The van der Waals surface area contributed by atoms with Crippen LogP contribution in [-0.4, -0.2) is 17.0 Å². The number of thiazole rings is 1. The van der Waals surface area contributed by atoms with Crippen molar-refractivity contribution >= 4 is 48.5 Å². The summed E-state index contributed by atoms with van der Waals surface area (Å²) in [6.07, 6.45) is 0.106. The predicted molar refractivity (Wildman–Crippen MR) is 90.5 cm³/mol. The number of para-hydroxylation sites is 1. The van der Waals surface area contributed by atoms with Gasteiger partial charge in [0.05, 0.1) is 10.2 Å². The molecule has 0 fully saturated rings. The normalized spacial score (nSPS) is 16.3. The monoisotopic (exact) mass is 374 g/mol. The quantitative estimate of drug-likeness (QED) is 0.737. The Kier molecular flexibility index (Phi) is 3.35. The zero-order valence-corrected chi connectivity index (χ0v) is 13.8. The van der Waals surface area contributed by atoms with Gasteiger partial charge in [-0.25, -0.2) is 4.98 Å². The number of anilines is 1. The van der Waals surface area contributed by atoms with Gasteiger partial charge in [-0.1, -0.05) is 45.5 Å². The van der Waals surface area contributed by atoms with Crippen molar-refractivity contribution in [2.75, 3.05) is 5.32 Å². The van der Waals surface area contributed by atoms with Crippen LogP contribution in [0.15, 0.2) is 46.9 Å². The molecule has 2 heterocycles. The van der Waals surface area contributed by atoms with Crippen molar-refractivity contribution in [1.82, 2.24) is 4.98 Å². The summed E-state index contributed by atoms with van der Waals surface area (Å²) in [4.78, 5) is 16.8. The first kappa shape index (κ1) is 13.7. The summed E-state index contributed by atoms with van der Waals surface area (Å²) in [7, 11) is 0. The van der Waals surface area contributed by atoms with Crippen LogP contribution >= 0.6 is 27.3 Å². The molecule has 0 radical (unpaired) electrons. The lowest BCUT2D eigenvalue weighted by Crippen LogP contribution is -2.31. The van der Waals surface area contributed by atoms with Crippen molar-refractivity contribution in [3.8, 4) is 5.75 Å². The Labute approximate surface area is 139 Å². The Morgan fingerprint density at radius 1 is 1.32 bits per heavy atom. The number of carbonyl (C=O) groups is 1. The molecular weight excluding hydrogens is 364 g/mol. The minimum atomic E-state index is -0.490.